The first-order chi connectivity index (χ1) is 13.5. The van der Waals surface area contributed by atoms with E-state index in [2.05, 4.69) is 20.8 Å². The molecular weight excluding hydrogens is 426 g/mol. The van der Waals surface area contributed by atoms with Crippen LogP contribution in [0.5, 0.6) is 0 Å². The zero-order valence-electron chi connectivity index (χ0n) is 15.4. The van der Waals surface area contributed by atoms with Crippen LogP contribution in [0.2, 0.25) is 0 Å². The van der Waals surface area contributed by atoms with E-state index in [0.29, 0.717) is 37.4 Å². The standard InChI is InChI=1S/C20H22BrN3O4/c21-18-7-5-16(6-8-18)20(25)23(10-9-22-11-13-28-14-12-22)15-17-3-1-2-4-19(17)24(26)27/h1-8H,9-15H2. The quantitative estimate of drug-likeness (QED) is 0.480. The van der Waals surface area contributed by atoms with E-state index in [4.69, 9.17) is 4.74 Å². The van der Waals surface area contributed by atoms with Crippen molar-refractivity contribution in [3.63, 3.8) is 0 Å². The highest BCUT2D eigenvalue weighted by Gasteiger charge is 2.22. The van der Waals surface area contributed by atoms with Gasteiger partial charge in [0.1, 0.15) is 0 Å². The van der Waals surface area contributed by atoms with Crippen LogP contribution < -0.4 is 0 Å². The summed E-state index contributed by atoms with van der Waals surface area (Å²) in [6.07, 6.45) is 0. The van der Waals surface area contributed by atoms with Crippen LogP contribution in [-0.4, -0.2) is 60.0 Å². The SMILES string of the molecule is O=C(c1ccc(Br)cc1)N(CCN1CCOCC1)Cc1ccccc1[N+](=O)[O-]. The molecule has 8 heteroatoms. The minimum Gasteiger partial charge on any atom is -0.379 e. The van der Waals surface area contributed by atoms with Crippen LogP contribution in [0.3, 0.4) is 0 Å². The van der Waals surface area contributed by atoms with Gasteiger partial charge in [-0.1, -0.05) is 34.1 Å². The summed E-state index contributed by atoms with van der Waals surface area (Å²) in [5.74, 6) is -0.140. The molecule has 1 heterocycles. The Balaban J connectivity index is 1.80. The fourth-order valence-corrected chi connectivity index (χ4v) is 3.41. The Bertz CT molecular complexity index is 822. The van der Waals surface area contributed by atoms with Crippen molar-refractivity contribution in [2.45, 2.75) is 6.54 Å². The molecule has 0 saturated carbocycles. The molecule has 0 spiro atoms. The second-order valence-electron chi connectivity index (χ2n) is 6.57. The van der Waals surface area contributed by atoms with Gasteiger partial charge in [-0.25, -0.2) is 0 Å². The summed E-state index contributed by atoms with van der Waals surface area (Å²) >= 11 is 3.38. The number of nitrogens with zero attached hydrogens (tertiary/aromatic N) is 3. The molecule has 28 heavy (non-hydrogen) atoms. The fraction of sp³-hybridized carbons (Fsp3) is 0.350. The van der Waals surface area contributed by atoms with E-state index in [1.807, 2.05) is 12.1 Å². The Morgan fingerprint density at radius 1 is 1.14 bits per heavy atom. The number of nitro benzene ring substituents is 1. The smallest absolute Gasteiger partial charge is 0.274 e. The molecular formula is C20H22BrN3O4. The molecule has 0 N–H and O–H groups in total. The maximum atomic E-state index is 13.1. The number of hydrogen-bond donors (Lipinski definition) is 0. The minimum absolute atomic E-state index is 0.0301. The maximum absolute atomic E-state index is 13.1. The van der Waals surface area contributed by atoms with Crippen molar-refractivity contribution in [1.82, 2.24) is 9.80 Å². The fourth-order valence-electron chi connectivity index (χ4n) is 3.14. The second kappa shape index (κ2) is 9.77. The number of halogens is 1. The molecule has 0 aliphatic carbocycles. The van der Waals surface area contributed by atoms with Crippen LogP contribution in [0.4, 0.5) is 5.69 Å². The number of carbonyl (C=O) groups is 1. The van der Waals surface area contributed by atoms with E-state index in [1.165, 1.54) is 6.07 Å². The summed E-state index contributed by atoms with van der Waals surface area (Å²) in [5, 5.41) is 11.4. The normalized spacial score (nSPS) is 14.6. The van der Waals surface area contributed by atoms with Gasteiger partial charge in [0.2, 0.25) is 0 Å². The van der Waals surface area contributed by atoms with Gasteiger partial charge in [-0.2, -0.15) is 0 Å². The lowest BCUT2D eigenvalue weighted by Gasteiger charge is -2.30. The summed E-state index contributed by atoms with van der Waals surface area (Å²) in [6, 6.07) is 13.7. The first-order valence-corrected chi connectivity index (χ1v) is 9.91. The molecule has 1 amide bonds. The van der Waals surface area contributed by atoms with E-state index in [1.54, 1.807) is 35.2 Å². The van der Waals surface area contributed by atoms with Crippen molar-refractivity contribution in [2.75, 3.05) is 39.4 Å². The largest absolute Gasteiger partial charge is 0.379 e. The number of nitro groups is 1. The molecule has 0 aromatic heterocycles. The number of ether oxygens (including phenoxy) is 1. The van der Waals surface area contributed by atoms with Gasteiger partial charge in [-0.3, -0.25) is 19.8 Å². The third kappa shape index (κ3) is 5.37. The maximum Gasteiger partial charge on any atom is 0.274 e. The monoisotopic (exact) mass is 447 g/mol. The predicted octanol–water partition coefficient (Wildman–Crippen LogP) is 3.33. The summed E-state index contributed by atoms with van der Waals surface area (Å²) in [5.41, 5.74) is 1.12. The van der Waals surface area contributed by atoms with Crippen molar-refractivity contribution in [3.8, 4) is 0 Å². The van der Waals surface area contributed by atoms with Gasteiger partial charge in [-0.05, 0) is 24.3 Å². The molecule has 148 valence electrons. The lowest BCUT2D eigenvalue weighted by atomic mass is 10.1. The van der Waals surface area contributed by atoms with Crippen LogP contribution in [0.15, 0.2) is 53.0 Å². The Labute approximate surface area is 172 Å². The molecule has 1 saturated heterocycles. The highest BCUT2D eigenvalue weighted by molar-refractivity contribution is 9.10. The molecule has 1 aliphatic rings. The Morgan fingerprint density at radius 2 is 1.82 bits per heavy atom. The van der Waals surface area contributed by atoms with E-state index in [-0.39, 0.29) is 18.1 Å². The lowest BCUT2D eigenvalue weighted by Crippen LogP contribution is -2.43. The molecule has 0 radical (unpaired) electrons. The zero-order chi connectivity index (χ0) is 19.9. The number of benzene rings is 2. The van der Waals surface area contributed by atoms with Gasteiger partial charge in [0.25, 0.3) is 11.6 Å². The van der Waals surface area contributed by atoms with Gasteiger partial charge in [0.15, 0.2) is 0 Å². The van der Waals surface area contributed by atoms with Crippen molar-refractivity contribution >= 4 is 27.5 Å². The highest BCUT2D eigenvalue weighted by Crippen LogP contribution is 2.21. The molecule has 2 aromatic carbocycles. The Hall–Kier alpha value is -2.29. The van der Waals surface area contributed by atoms with Gasteiger partial charge < -0.3 is 9.64 Å². The molecule has 0 bridgehead atoms. The van der Waals surface area contributed by atoms with Crippen molar-refractivity contribution in [3.05, 3.63) is 74.2 Å². The van der Waals surface area contributed by atoms with Gasteiger partial charge in [-0.15, -0.1) is 0 Å². The number of morpholine rings is 1. The predicted molar refractivity (Wildman–Crippen MR) is 109 cm³/mol. The van der Waals surface area contributed by atoms with E-state index < -0.39 is 4.92 Å². The minimum atomic E-state index is -0.403. The molecule has 2 aromatic rings. The topological polar surface area (TPSA) is 75.9 Å². The number of rotatable bonds is 7. The summed E-state index contributed by atoms with van der Waals surface area (Å²) in [4.78, 5) is 28.0. The molecule has 7 nitrogen and oxygen atoms in total. The Kier molecular flexibility index (Phi) is 7.13. The summed E-state index contributed by atoms with van der Waals surface area (Å²) in [6.45, 7) is 4.40. The van der Waals surface area contributed by atoms with Gasteiger partial charge in [0, 0.05) is 47.8 Å². The van der Waals surface area contributed by atoms with E-state index in [9.17, 15) is 14.9 Å². The summed E-state index contributed by atoms with van der Waals surface area (Å²) < 4.78 is 6.26. The third-order valence-electron chi connectivity index (χ3n) is 4.72. The molecule has 3 rings (SSSR count). The molecule has 0 unspecified atom stereocenters. The number of amides is 1. The van der Waals surface area contributed by atoms with Crippen LogP contribution in [0.1, 0.15) is 15.9 Å². The first kappa shape index (κ1) is 20.4. The number of hydrogen-bond acceptors (Lipinski definition) is 5. The Morgan fingerprint density at radius 3 is 2.50 bits per heavy atom. The molecule has 1 aliphatic heterocycles. The first-order valence-electron chi connectivity index (χ1n) is 9.12. The average molecular weight is 448 g/mol. The third-order valence-corrected chi connectivity index (χ3v) is 5.25. The van der Waals surface area contributed by atoms with Crippen molar-refractivity contribution in [2.24, 2.45) is 0 Å². The highest BCUT2D eigenvalue weighted by atomic mass is 79.9. The average Bonchev–Trinajstić information content (AvgIpc) is 2.72. The molecule has 0 atom stereocenters. The van der Waals surface area contributed by atoms with E-state index in [0.717, 1.165) is 17.6 Å². The van der Waals surface area contributed by atoms with Gasteiger partial charge >= 0.3 is 0 Å². The number of carbonyl (C=O) groups excluding carboxylic acids is 1. The van der Waals surface area contributed by atoms with Gasteiger partial charge in [0.05, 0.1) is 24.7 Å². The van der Waals surface area contributed by atoms with Crippen LogP contribution in [0.25, 0.3) is 0 Å². The van der Waals surface area contributed by atoms with Crippen LogP contribution in [-0.2, 0) is 11.3 Å². The van der Waals surface area contributed by atoms with Crippen molar-refractivity contribution in [1.29, 1.82) is 0 Å². The lowest BCUT2D eigenvalue weighted by molar-refractivity contribution is -0.385. The van der Waals surface area contributed by atoms with Crippen LogP contribution >= 0.6 is 15.9 Å². The second-order valence-corrected chi connectivity index (χ2v) is 7.49. The van der Waals surface area contributed by atoms with Crippen LogP contribution in [0, 0.1) is 10.1 Å². The zero-order valence-corrected chi connectivity index (χ0v) is 17.0. The van der Waals surface area contributed by atoms with E-state index >= 15 is 0 Å². The molecule has 1 fully saturated rings. The number of para-hydroxylation sites is 1. The van der Waals surface area contributed by atoms with Crippen molar-refractivity contribution < 1.29 is 14.5 Å². The summed E-state index contributed by atoms with van der Waals surface area (Å²) in [7, 11) is 0.